The van der Waals surface area contributed by atoms with Gasteiger partial charge in [0.1, 0.15) is 0 Å². The molecule has 3 rings (SSSR count). The van der Waals surface area contributed by atoms with E-state index in [-0.39, 0.29) is 11.9 Å². The van der Waals surface area contributed by atoms with Crippen LogP contribution in [0.4, 0.5) is 4.79 Å². The standard InChI is InChI=1S/C19H27N3O3/c1-19(2,16-6-4-3-5-7-16)17(23)20-8-10-21(11-9-20)18(24)22-12-14-25-15-13-22/h3-7H,8-15H2,1-2H3. The lowest BCUT2D eigenvalue weighted by Gasteiger charge is -2.40. The fourth-order valence-corrected chi connectivity index (χ4v) is 3.43. The molecule has 0 aromatic heterocycles. The second-order valence-electron chi connectivity index (χ2n) is 7.15. The molecule has 1 aromatic rings. The monoisotopic (exact) mass is 345 g/mol. The van der Waals surface area contributed by atoms with Gasteiger partial charge in [-0.25, -0.2) is 4.79 Å². The molecule has 136 valence electrons. The zero-order chi connectivity index (χ0) is 17.9. The molecule has 2 saturated heterocycles. The fourth-order valence-electron chi connectivity index (χ4n) is 3.43. The number of benzene rings is 1. The van der Waals surface area contributed by atoms with Gasteiger partial charge in [0.05, 0.1) is 18.6 Å². The number of piperazine rings is 1. The van der Waals surface area contributed by atoms with Crippen molar-refractivity contribution in [3.05, 3.63) is 35.9 Å². The molecule has 0 atom stereocenters. The van der Waals surface area contributed by atoms with Gasteiger partial charge in [0.15, 0.2) is 0 Å². The zero-order valence-corrected chi connectivity index (χ0v) is 15.1. The average Bonchev–Trinajstić information content (AvgIpc) is 2.68. The largest absolute Gasteiger partial charge is 0.378 e. The Morgan fingerprint density at radius 3 is 1.96 bits per heavy atom. The van der Waals surface area contributed by atoms with Gasteiger partial charge in [-0.05, 0) is 19.4 Å². The van der Waals surface area contributed by atoms with Gasteiger partial charge in [-0.1, -0.05) is 30.3 Å². The summed E-state index contributed by atoms with van der Waals surface area (Å²) in [5.41, 5.74) is 0.462. The average molecular weight is 345 g/mol. The molecule has 6 nitrogen and oxygen atoms in total. The summed E-state index contributed by atoms with van der Waals surface area (Å²) in [4.78, 5) is 31.1. The lowest BCUT2D eigenvalue weighted by molar-refractivity contribution is -0.137. The van der Waals surface area contributed by atoms with Crippen LogP contribution in [0.5, 0.6) is 0 Å². The van der Waals surface area contributed by atoms with E-state index >= 15 is 0 Å². The fraction of sp³-hybridized carbons (Fsp3) is 0.579. The maximum Gasteiger partial charge on any atom is 0.320 e. The Bertz CT molecular complexity index is 604. The number of rotatable bonds is 2. The molecule has 2 aliphatic heterocycles. The van der Waals surface area contributed by atoms with E-state index in [1.807, 2.05) is 58.9 Å². The summed E-state index contributed by atoms with van der Waals surface area (Å²) in [5.74, 6) is 0.122. The first kappa shape index (κ1) is 17.7. The minimum absolute atomic E-state index is 0.0673. The van der Waals surface area contributed by atoms with Gasteiger partial charge in [0.2, 0.25) is 5.91 Å². The molecule has 2 aliphatic rings. The first-order chi connectivity index (χ1) is 12.0. The van der Waals surface area contributed by atoms with Crippen LogP contribution in [0.2, 0.25) is 0 Å². The molecule has 0 unspecified atom stereocenters. The van der Waals surface area contributed by atoms with E-state index in [4.69, 9.17) is 4.74 Å². The Balaban J connectivity index is 1.58. The van der Waals surface area contributed by atoms with E-state index < -0.39 is 5.41 Å². The van der Waals surface area contributed by atoms with Crippen molar-refractivity contribution < 1.29 is 14.3 Å². The molecule has 0 bridgehead atoms. The molecule has 2 heterocycles. The second-order valence-corrected chi connectivity index (χ2v) is 7.15. The van der Waals surface area contributed by atoms with Crippen molar-refractivity contribution in [3.63, 3.8) is 0 Å². The van der Waals surface area contributed by atoms with Gasteiger partial charge >= 0.3 is 6.03 Å². The summed E-state index contributed by atoms with van der Waals surface area (Å²) in [6.45, 7) is 8.81. The molecule has 3 amide bonds. The number of morpholine rings is 1. The number of carbonyl (C=O) groups excluding carboxylic acids is 2. The van der Waals surface area contributed by atoms with Crippen molar-refractivity contribution in [1.29, 1.82) is 0 Å². The van der Waals surface area contributed by atoms with Gasteiger partial charge in [-0.15, -0.1) is 0 Å². The number of ether oxygens (including phenoxy) is 1. The lowest BCUT2D eigenvalue weighted by atomic mass is 9.83. The van der Waals surface area contributed by atoms with Crippen molar-refractivity contribution in [2.45, 2.75) is 19.3 Å². The van der Waals surface area contributed by atoms with Gasteiger partial charge < -0.3 is 19.4 Å². The molecule has 6 heteroatoms. The molecule has 0 spiro atoms. The first-order valence-corrected chi connectivity index (χ1v) is 8.96. The van der Waals surface area contributed by atoms with E-state index in [9.17, 15) is 9.59 Å². The van der Waals surface area contributed by atoms with Crippen LogP contribution in [0.1, 0.15) is 19.4 Å². The van der Waals surface area contributed by atoms with Crippen LogP contribution in [0.25, 0.3) is 0 Å². The van der Waals surface area contributed by atoms with Crippen LogP contribution in [0, 0.1) is 0 Å². The van der Waals surface area contributed by atoms with Crippen molar-refractivity contribution >= 4 is 11.9 Å². The molecule has 0 N–H and O–H groups in total. The first-order valence-electron chi connectivity index (χ1n) is 8.96. The summed E-state index contributed by atoms with van der Waals surface area (Å²) in [6, 6.07) is 9.94. The van der Waals surface area contributed by atoms with Gasteiger partial charge in [0, 0.05) is 39.3 Å². The van der Waals surface area contributed by atoms with Crippen molar-refractivity contribution in [3.8, 4) is 0 Å². The van der Waals surface area contributed by atoms with Crippen molar-refractivity contribution in [2.75, 3.05) is 52.5 Å². The minimum atomic E-state index is -0.558. The summed E-state index contributed by atoms with van der Waals surface area (Å²) < 4.78 is 5.30. The highest BCUT2D eigenvalue weighted by molar-refractivity contribution is 5.87. The Morgan fingerprint density at radius 1 is 0.840 bits per heavy atom. The van der Waals surface area contributed by atoms with E-state index in [2.05, 4.69) is 0 Å². The number of amides is 3. The topological polar surface area (TPSA) is 53.1 Å². The summed E-state index contributed by atoms with van der Waals surface area (Å²) in [6.07, 6.45) is 0. The lowest BCUT2D eigenvalue weighted by Crippen LogP contribution is -2.57. The van der Waals surface area contributed by atoms with Crippen LogP contribution >= 0.6 is 0 Å². The molecule has 0 saturated carbocycles. The predicted molar refractivity (Wildman–Crippen MR) is 95.4 cm³/mol. The van der Waals surface area contributed by atoms with Crippen molar-refractivity contribution in [1.82, 2.24) is 14.7 Å². The zero-order valence-electron chi connectivity index (χ0n) is 15.1. The summed E-state index contributed by atoms with van der Waals surface area (Å²) in [7, 11) is 0. The molecule has 1 aromatic carbocycles. The van der Waals surface area contributed by atoms with E-state index in [1.165, 1.54) is 0 Å². The third-order valence-electron chi connectivity index (χ3n) is 5.15. The third kappa shape index (κ3) is 3.79. The van der Waals surface area contributed by atoms with Crippen LogP contribution in [-0.2, 0) is 14.9 Å². The minimum Gasteiger partial charge on any atom is -0.378 e. The smallest absolute Gasteiger partial charge is 0.320 e. The van der Waals surface area contributed by atoms with E-state index in [0.717, 1.165) is 5.56 Å². The van der Waals surface area contributed by atoms with Gasteiger partial charge in [-0.2, -0.15) is 0 Å². The maximum absolute atomic E-state index is 13.0. The highest BCUT2D eigenvalue weighted by Crippen LogP contribution is 2.26. The highest BCUT2D eigenvalue weighted by Gasteiger charge is 2.36. The number of urea groups is 1. The SMILES string of the molecule is CC(C)(C(=O)N1CCN(C(=O)N2CCOCC2)CC1)c1ccccc1. The Kier molecular flexibility index (Phi) is 5.27. The maximum atomic E-state index is 13.0. The van der Waals surface area contributed by atoms with Crippen LogP contribution < -0.4 is 0 Å². The van der Waals surface area contributed by atoms with Crippen LogP contribution in [0.15, 0.2) is 30.3 Å². The molecular formula is C19H27N3O3. The quantitative estimate of drug-likeness (QED) is 0.817. The number of hydrogen-bond donors (Lipinski definition) is 0. The molecule has 2 fully saturated rings. The molecular weight excluding hydrogens is 318 g/mol. The number of nitrogens with zero attached hydrogens (tertiary/aromatic N) is 3. The van der Waals surface area contributed by atoms with E-state index in [0.29, 0.717) is 52.5 Å². The predicted octanol–water partition coefficient (Wildman–Crippen LogP) is 1.56. The van der Waals surface area contributed by atoms with Crippen molar-refractivity contribution in [2.24, 2.45) is 0 Å². The number of carbonyl (C=O) groups is 2. The summed E-state index contributed by atoms with van der Waals surface area (Å²) in [5, 5.41) is 0. The summed E-state index contributed by atoms with van der Waals surface area (Å²) >= 11 is 0. The molecule has 25 heavy (non-hydrogen) atoms. The normalized spacial score (nSPS) is 19.0. The second kappa shape index (κ2) is 7.44. The van der Waals surface area contributed by atoms with Crippen LogP contribution in [0.3, 0.4) is 0 Å². The third-order valence-corrected chi connectivity index (χ3v) is 5.15. The van der Waals surface area contributed by atoms with Crippen LogP contribution in [-0.4, -0.2) is 79.1 Å². The Hall–Kier alpha value is -2.08. The number of hydrogen-bond acceptors (Lipinski definition) is 3. The van der Waals surface area contributed by atoms with E-state index in [1.54, 1.807) is 0 Å². The highest BCUT2D eigenvalue weighted by atomic mass is 16.5. The Morgan fingerprint density at radius 2 is 1.36 bits per heavy atom. The van der Waals surface area contributed by atoms with Gasteiger partial charge in [0.25, 0.3) is 0 Å². The Labute approximate surface area is 149 Å². The molecule has 0 radical (unpaired) electrons. The molecule has 0 aliphatic carbocycles. The van der Waals surface area contributed by atoms with Gasteiger partial charge in [-0.3, -0.25) is 4.79 Å².